The Bertz CT molecular complexity index is 288. The largest absolute Gasteiger partial charge is 0.389 e. The molecule has 3 N–H and O–H groups in total. The third-order valence-corrected chi connectivity index (χ3v) is 5.57. The van der Waals surface area contributed by atoms with Crippen LogP contribution in [0.1, 0.15) is 65.2 Å². The summed E-state index contributed by atoms with van der Waals surface area (Å²) in [5, 5.41) is 11.3. The SMILES string of the molecule is CCC1(C)CC(O)(C2(CN)CCCCC2)CCO1. The smallest absolute Gasteiger partial charge is 0.0765 e. The number of rotatable bonds is 3. The Morgan fingerprint density at radius 3 is 2.39 bits per heavy atom. The predicted octanol–water partition coefficient (Wildman–Crippen LogP) is 2.61. The molecule has 0 spiro atoms. The van der Waals surface area contributed by atoms with Gasteiger partial charge in [0.05, 0.1) is 17.8 Å². The van der Waals surface area contributed by atoms with Crippen molar-refractivity contribution in [3.8, 4) is 0 Å². The van der Waals surface area contributed by atoms with Gasteiger partial charge in [0.15, 0.2) is 0 Å². The average Bonchev–Trinajstić information content (AvgIpc) is 2.39. The molecular formula is C15H29NO2. The number of hydrogen-bond acceptors (Lipinski definition) is 3. The van der Waals surface area contributed by atoms with Gasteiger partial charge >= 0.3 is 0 Å². The molecule has 0 aromatic carbocycles. The molecule has 18 heavy (non-hydrogen) atoms. The molecule has 1 aliphatic carbocycles. The second-order valence-corrected chi connectivity index (χ2v) is 6.66. The van der Waals surface area contributed by atoms with Crippen molar-refractivity contribution in [1.82, 2.24) is 0 Å². The number of hydrogen-bond donors (Lipinski definition) is 2. The molecule has 0 radical (unpaired) electrons. The first-order chi connectivity index (χ1) is 8.49. The van der Waals surface area contributed by atoms with Gasteiger partial charge in [-0.05, 0) is 26.2 Å². The Kier molecular flexibility index (Phi) is 4.05. The molecule has 0 aromatic rings. The Balaban J connectivity index is 2.22. The second kappa shape index (κ2) is 5.10. The summed E-state index contributed by atoms with van der Waals surface area (Å²) in [7, 11) is 0. The molecule has 2 aliphatic rings. The fraction of sp³-hybridized carbons (Fsp3) is 1.00. The summed E-state index contributed by atoms with van der Waals surface area (Å²) in [6, 6.07) is 0. The Morgan fingerprint density at radius 2 is 1.83 bits per heavy atom. The van der Waals surface area contributed by atoms with Crippen molar-refractivity contribution in [2.24, 2.45) is 11.1 Å². The lowest BCUT2D eigenvalue weighted by atomic mass is 9.58. The van der Waals surface area contributed by atoms with E-state index in [2.05, 4.69) is 13.8 Å². The van der Waals surface area contributed by atoms with Crippen LogP contribution in [-0.2, 0) is 4.74 Å². The van der Waals surface area contributed by atoms with Gasteiger partial charge in [-0.1, -0.05) is 26.2 Å². The molecule has 2 unspecified atom stereocenters. The van der Waals surface area contributed by atoms with Gasteiger partial charge in [-0.3, -0.25) is 0 Å². The fourth-order valence-electron chi connectivity index (χ4n) is 3.99. The first-order valence-electron chi connectivity index (χ1n) is 7.56. The van der Waals surface area contributed by atoms with E-state index in [0.717, 1.165) is 32.1 Å². The molecular weight excluding hydrogens is 226 g/mol. The summed E-state index contributed by atoms with van der Waals surface area (Å²) in [5.41, 5.74) is 5.23. The molecule has 1 saturated heterocycles. The van der Waals surface area contributed by atoms with E-state index in [1.165, 1.54) is 19.3 Å². The van der Waals surface area contributed by atoms with E-state index < -0.39 is 5.60 Å². The van der Waals surface area contributed by atoms with E-state index >= 15 is 0 Å². The van der Waals surface area contributed by atoms with Gasteiger partial charge in [-0.2, -0.15) is 0 Å². The Morgan fingerprint density at radius 1 is 1.17 bits per heavy atom. The minimum absolute atomic E-state index is 0.0640. The van der Waals surface area contributed by atoms with Gasteiger partial charge in [-0.15, -0.1) is 0 Å². The van der Waals surface area contributed by atoms with Crippen molar-refractivity contribution < 1.29 is 9.84 Å². The third-order valence-electron chi connectivity index (χ3n) is 5.57. The molecule has 1 heterocycles. The maximum atomic E-state index is 11.3. The van der Waals surface area contributed by atoms with Crippen LogP contribution >= 0.6 is 0 Å². The highest BCUT2D eigenvalue weighted by molar-refractivity contribution is 5.05. The molecule has 0 amide bonds. The zero-order valence-corrected chi connectivity index (χ0v) is 12.0. The van der Waals surface area contributed by atoms with Crippen LogP contribution in [0.15, 0.2) is 0 Å². The molecule has 3 nitrogen and oxygen atoms in total. The van der Waals surface area contributed by atoms with Crippen LogP contribution in [0, 0.1) is 5.41 Å². The maximum absolute atomic E-state index is 11.3. The normalized spacial score (nSPS) is 40.7. The maximum Gasteiger partial charge on any atom is 0.0765 e. The monoisotopic (exact) mass is 255 g/mol. The van der Waals surface area contributed by atoms with Crippen LogP contribution in [0.2, 0.25) is 0 Å². The van der Waals surface area contributed by atoms with Crippen LogP contribution in [0.4, 0.5) is 0 Å². The Labute approximate surface area is 111 Å². The van der Waals surface area contributed by atoms with Gasteiger partial charge in [0.1, 0.15) is 0 Å². The standard InChI is InChI=1S/C15H29NO2/c1-3-13(2)11-15(17,9-10-18-13)14(12-16)7-5-4-6-8-14/h17H,3-12,16H2,1-2H3. The van der Waals surface area contributed by atoms with E-state index in [1.807, 2.05) is 0 Å². The average molecular weight is 255 g/mol. The summed E-state index contributed by atoms with van der Waals surface area (Å²) >= 11 is 0. The molecule has 2 rings (SSSR count). The molecule has 0 aromatic heterocycles. The Hall–Kier alpha value is -0.120. The van der Waals surface area contributed by atoms with Gasteiger partial charge < -0.3 is 15.6 Å². The van der Waals surface area contributed by atoms with Crippen LogP contribution in [-0.4, -0.2) is 29.5 Å². The number of aliphatic hydroxyl groups is 1. The van der Waals surface area contributed by atoms with Gasteiger partial charge in [0.2, 0.25) is 0 Å². The molecule has 2 atom stereocenters. The quantitative estimate of drug-likeness (QED) is 0.815. The van der Waals surface area contributed by atoms with Crippen molar-refractivity contribution >= 4 is 0 Å². The van der Waals surface area contributed by atoms with Crippen LogP contribution in [0.5, 0.6) is 0 Å². The molecule has 2 fully saturated rings. The highest BCUT2D eigenvalue weighted by Crippen LogP contribution is 2.51. The lowest BCUT2D eigenvalue weighted by molar-refractivity contribution is -0.206. The van der Waals surface area contributed by atoms with E-state index in [1.54, 1.807) is 0 Å². The van der Waals surface area contributed by atoms with E-state index in [9.17, 15) is 5.11 Å². The zero-order chi connectivity index (χ0) is 13.3. The number of ether oxygens (including phenoxy) is 1. The van der Waals surface area contributed by atoms with Crippen molar-refractivity contribution in [3.63, 3.8) is 0 Å². The van der Waals surface area contributed by atoms with Gasteiger partial charge in [0.25, 0.3) is 0 Å². The summed E-state index contributed by atoms with van der Waals surface area (Å²) in [6.45, 7) is 5.55. The van der Waals surface area contributed by atoms with Crippen molar-refractivity contribution in [2.45, 2.75) is 76.4 Å². The molecule has 106 valence electrons. The second-order valence-electron chi connectivity index (χ2n) is 6.66. The molecule has 1 aliphatic heterocycles. The lowest BCUT2D eigenvalue weighted by Gasteiger charge is -2.54. The van der Waals surface area contributed by atoms with Gasteiger partial charge in [0, 0.05) is 24.8 Å². The van der Waals surface area contributed by atoms with E-state index in [-0.39, 0.29) is 11.0 Å². The predicted molar refractivity (Wildman–Crippen MR) is 73.4 cm³/mol. The van der Waals surface area contributed by atoms with Crippen molar-refractivity contribution in [2.75, 3.05) is 13.2 Å². The summed E-state index contributed by atoms with van der Waals surface area (Å²) in [4.78, 5) is 0. The lowest BCUT2D eigenvalue weighted by Crippen LogP contribution is -2.60. The molecule has 0 bridgehead atoms. The van der Waals surface area contributed by atoms with E-state index in [0.29, 0.717) is 13.2 Å². The van der Waals surface area contributed by atoms with Crippen molar-refractivity contribution in [1.29, 1.82) is 0 Å². The minimum Gasteiger partial charge on any atom is -0.389 e. The van der Waals surface area contributed by atoms with Crippen LogP contribution in [0.25, 0.3) is 0 Å². The van der Waals surface area contributed by atoms with E-state index in [4.69, 9.17) is 10.5 Å². The van der Waals surface area contributed by atoms with Crippen molar-refractivity contribution in [3.05, 3.63) is 0 Å². The number of nitrogens with two attached hydrogens (primary N) is 1. The first-order valence-corrected chi connectivity index (χ1v) is 7.56. The summed E-state index contributed by atoms with van der Waals surface area (Å²) in [5.74, 6) is 0. The first kappa shape index (κ1) is 14.3. The topological polar surface area (TPSA) is 55.5 Å². The summed E-state index contributed by atoms with van der Waals surface area (Å²) in [6.07, 6.45) is 8.33. The zero-order valence-electron chi connectivity index (χ0n) is 12.0. The van der Waals surface area contributed by atoms with Crippen LogP contribution in [0.3, 0.4) is 0 Å². The van der Waals surface area contributed by atoms with Crippen LogP contribution < -0.4 is 5.73 Å². The fourth-order valence-corrected chi connectivity index (χ4v) is 3.99. The molecule has 1 saturated carbocycles. The highest BCUT2D eigenvalue weighted by atomic mass is 16.5. The third kappa shape index (κ3) is 2.33. The molecule has 3 heteroatoms. The minimum atomic E-state index is -0.620. The van der Waals surface area contributed by atoms with Gasteiger partial charge in [-0.25, -0.2) is 0 Å². The summed E-state index contributed by atoms with van der Waals surface area (Å²) < 4.78 is 5.89. The highest BCUT2D eigenvalue weighted by Gasteiger charge is 2.54.